The number of aryl methyl sites for hydroxylation is 1. The standard InChI is InChI=1S/C23H28FN5O2/c1-3-25-23(28-14-18-5-4-16(2)20(24)12-18)27-13-17-6-8-19(9-7-17)22(31)29-11-10-26-21(30)15-29/h4-9,12H,3,10-11,13-15H2,1-2H3,(H,26,30)(H2,25,27,28). The van der Waals surface area contributed by atoms with Gasteiger partial charge in [0.2, 0.25) is 5.91 Å². The van der Waals surface area contributed by atoms with Crippen molar-refractivity contribution in [2.24, 2.45) is 4.99 Å². The molecule has 0 aromatic heterocycles. The Labute approximate surface area is 181 Å². The van der Waals surface area contributed by atoms with Gasteiger partial charge in [-0.25, -0.2) is 9.38 Å². The van der Waals surface area contributed by atoms with Crippen molar-refractivity contribution < 1.29 is 14.0 Å². The van der Waals surface area contributed by atoms with Gasteiger partial charge in [-0.05, 0) is 48.7 Å². The summed E-state index contributed by atoms with van der Waals surface area (Å²) >= 11 is 0. The van der Waals surface area contributed by atoms with Crippen LogP contribution < -0.4 is 16.0 Å². The van der Waals surface area contributed by atoms with E-state index in [-0.39, 0.29) is 24.2 Å². The molecule has 1 heterocycles. The predicted molar refractivity (Wildman–Crippen MR) is 118 cm³/mol. The average Bonchev–Trinajstić information content (AvgIpc) is 2.78. The van der Waals surface area contributed by atoms with Crippen molar-refractivity contribution in [1.29, 1.82) is 0 Å². The fraction of sp³-hybridized carbons (Fsp3) is 0.348. The molecule has 0 bridgehead atoms. The minimum atomic E-state index is -0.231. The van der Waals surface area contributed by atoms with E-state index in [1.54, 1.807) is 30.0 Å². The third-order valence-electron chi connectivity index (χ3n) is 4.99. The van der Waals surface area contributed by atoms with Crippen LogP contribution in [0.25, 0.3) is 0 Å². The van der Waals surface area contributed by atoms with E-state index in [4.69, 9.17) is 0 Å². The van der Waals surface area contributed by atoms with Crippen molar-refractivity contribution in [3.8, 4) is 0 Å². The molecule has 1 saturated heterocycles. The Kier molecular flexibility index (Phi) is 7.59. The van der Waals surface area contributed by atoms with Crippen LogP contribution in [0.3, 0.4) is 0 Å². The summed E-state index contributed by atoms with van der Waals surface area (Å²) in [6, 6.07) is 12.4. The lowest BCUT2D eigenvalue weighted by Crippen LogP contribution is -2.49. The number of hydrogen-bond donors (Lipinski definition) is 3. The van der Waals surface area contributed by atoms with Crippen molar-refractivity contribution in [3.05, 3.63) is 70.5 Å². The van der Waals surface area contributed by atoms with E-state index in [1.165, 1.54) is 6.07 Å². The zero-order valence-corrected chi connectivity index (χ0v) is 17.9. The number of halogens is 1. The molecule has 3 N–H and O–H groups in total. The zero-order valence-electron chi connectivity index (χ0n) is 17.9. The van der Waals surface area contributed by atoms with E-state index in [2.05, 4.69) is 20.9 Å². The molecule has 0 saturated carbocycles. The van der Waals surface area contributed by atoms with Crippen molar-refractivity contribution in [2.75, 3.05) is 26.2 Å². The zero-order chi connectivity index (χ0) is 22.2. The lowest BCUT2D eigenvalue weighted by Gasteiger charge is -2.26. The summed E-state index contributed by atoms with van der Waals surface area (Å²) in [6.45, 7) is 6.38. The SMILES string of the molecule is CCNC(=NCc1ccc(C)c(F)c1)NCc1ccc(C(=O)N2CCNC(=O)C2)cc1. The Balaban J connectivity index is 1.58. The first kappa shape index (κ1) is 22.3. The molecule has 8 heteroatoms. The summed E-state index contributed by atoms with van der Waals surface area (Å²) in [5.41, 5.74) is 2.96. The molecule has 164 valence electrons. The Morgan fingerprint density at radius 2 is 1.90 bits per heavy atom. The summed E-state index contributed by atoms with van der Waals surface area (Å²) in [4.78, 5) is 30.1. The highest BCUT2D eigenvalue weighted by Crippen LogP contribution is 2.11. The summed E-state index contributed by atoms with van der Waals surface area (Å²) in [5.74, 6) is 0.118. The number of aliphatic imine (C=N–C) groups is 1. The molecule has 0 aliphatic carbocycles. The number of nitrogens with one attached hydrogen (secondary N) is 3. The second kappa shape index (κ2) is 10.6. The van der Waals surface area contributed by atoms with Crippen LogP contribution in [0, 0.1) is 12.7 Å². The molecule has 7 nitrogen and oxygen atoms in total. The normalized spacial score (nSPS) is 14.2. The summed E-state index contributed by atoms with van der Waals surface area (Å²) in [6.07, 6.45) is 0. The number of benzene rings is 2. The number of nitrogens with zero attached hydrogens (tertiary/aromatic N) is 2. The van der Waals surface area contributed by atoms with Gasteiger partial charge in [0.1, 0.15) is 5.82 Å². The van der Waals surface area contributed by atoms with E-state index in [9.17, 15) is 14.0 Å². The molecule has 2 amide bonds. The van der Waals surface area contributed by atoms with Gasteiger partial charge in [0.25, 0.3) is 5.91 Å². The van der Waals surface area contributed by atoms with Crippen LogP contribution in [0.15, 0.2) is 47.5 Å². The Morgan fingerprint density at radius 3 is 2.58 bits per heavy atom. The van der Waals surface area contributed by atoms with Crippen LogP contribution in [-0.4, -0.2) is 48.9 Å². The number of guanidine groups is 1. The van der Waals surface area contributed by atoms with Crippen molar-refractivity contribution in [3.63, 3.8) is 0 Å². The maximum absolute atomic E-state index is 13.7. The Morgan fingerprint density at radius 1 is 1.16 bits per heavy atom. The predicted octanol–water partition coefficient (Wildman–Crippen LogP) is 1.96. The molecule has 1 aliphatic rings. The molecule has 0 radical (unpaired) electrons. The number of carbonyl (C=O) groups excluding carboxylic acids is 2. The largest absolute Gasteiger partial charge is 0.357 e. The lowest BCUT2D eigenvalue weighted by molar-refractivity contribution is -0.123. The van der Waals surface area contributed by atoms with Crippen LogP contribution in [0.1, 0.15) is 34.0 Å². The van der Waals surface area contributed by atoms with E-state index >= 15 is 0 Å². The van der Waals surface area contributed by atoms with Gasteiger partial charge in [-0.1, -0.05) is 24.3 Å². The molecule has 1 aliphatic heterocycles. The van der Waals surface area contributed by atoms with Crippen molar-refractivity contribution in [2.45, 2.75) is 26.9 Å². The molecule has 0 atom stereocenters. The minimum absolute atomic E-state index is 0.0928. The summed E-state index contributed by atoms with van der Waals surface area (Å²) in [7, 11) is 0. The number of amides is 2. The highest BCUT2D eigenvalue weighted by atomic mass is 19.1. The van der Waals surface area contributed by atoms with Gasteiger partial charge in [-0.15, -0.1) is 0 Å². The second-order valence-corrected chi connectivity index (χ2v) is 7.41. The molecule has 2 aromatic rings. The molecule has 1 fully saturated rings. The van der Waals surface area contributed by atoms with Crippen molar-refractivity contribution >= 4 is 17.8 Å². The van der Waals surface area contributed by atoms with E-state index in [0.717, 1.165) is 11.1 Å². The molecule has 0 unspecified atom stereocenters. The quantitative estimate of drug-likeness (QED) is 0.488. The summed E-state index contributed by atoms with van der Waals surface area (Å²) in [5, 5.41) is 9.13. The molecular weight excluding hydrogens is 397 g/mol. The third-order valence-corrected chi connectivity index (χ3v) is 4.99. The van der Waals surface area contributed by atoms with Gasteiger partial charge in [0, 0.05) is 31.7 Å². The number of hydrogen-bond acceptors (Lipinski definition) is 3. The molecule has 2 aromatic carbocycles. The fourth-order valence-electron chi connectivity index (χ4n) is 3.19. The fourth-order valence-corrected chi connectivity index (χ4v) is 3.19. The van der Waals surface area contributed by atoms with Crippen LogP contribution in [-0.2, 0) is 17.9 Å². The third kappa shape index (κ3) is 6.28. The topological polar surface area (TPSA) is 85.8 Å². The summed E-state index contributed by atoms with van der Waals surface area (Å²) < 4.78 is 13.7. The highest BCUT2D eigenvalue weighted by Gasteiger charge is 2.22. The Hall–Kier alpha value is -3.42. The molecular formula is C23H28FN5O2. The van der Waals surface area contributed by atoms with Crippen LogP contribution in [0.4, 0.5) is 4.39 Å². The second-order valence-electron chi connectivity index (χ2n) is 7.41. The molecule has 0 spiro atoms. The van der Waals surface area contributed by atoms with Gasteiger partial charge >= 0.3 is 0 Å². The Bertz CT molecular complexity index is 959. The lowest BCUT2D eigenvalue weighted by atomic mass is 10.1. The van der Waals surface area contributed by atoms with Gasteiger partial charge in [-0.2, -0.15) is 0 Å². The first-order valence-corrected chi connectivity index (χ1v) is 10.4. The number of piperazine rings is 1. The van der Waals surface area contributed by atoms with Crippen LogP contribution in [0.5, 0.6) is 0 Å². The van der Waals surface area contributed by atoms with Gasteiger partial charge in [0.15, 0.2) is 5.96 Å². The van der Waals surface area contributed by atoms with Gasteiger partial charge in [0.05, 0.1) is 13.1 Å². The van der Waals surface area contributed by atoms with Gasteiger partial charge < -0.3 is 20.9 Å². The number of rotatable bonds is 6. The molecule has 3 rings (SSSR count). The first-order chi connectivity index (χ1) is 15.0. The van der Waals surface area contributed by atoms with Crippen molar-refractivity contribution in [1.82, 2.24) is 20.9 Å². The minimum Gasteiger partial charge on any atom is -0.357 e. The number of carbonyl (C=O) groups is 2. The monoisotopic (exact) mass is 425 g/mol. The van der Waals surface area contributed by atoms with Crippen LogP contribution in [0.2, 0.25) is 0 Å². The van der Waals surface area contributed by atoms with E-state index in [0.29, 0.717) is 49.8 Å². The maximum Gasteiger partial charge on any atom is 0.254 e. The van der Waals surface area contributed by atoms with E-state index < -0.39 is 0 Å². The smallest absolute Gasteiger partial charge is 0.254 e. The maximum atomic E-state index is 13.7. The van der Waals surface area contributed by atoms with Crippen LogP contribution >= 0.6 is 0 Å². The first-order valence-electron chi connectivity index (χ1n) is 10.4. The molecule has 31 heavy (non-hydrogen) atoms. The average molecular weight is 426 g/mol. The van der Waals surface area contributed by atoms with Gasteiger partial charge in [-0.3, -0.25) is 9.59 Å². The van der Waals surface area contributed by atoms with E-state index in [1.807, 2.05) is 25.1 Å². The highest BCUT2D eigenvalue weighted by molar-refractivity contribution is 5.97.